The minimum Gasteiger partial charge on any atom is -0.512 e. The molecule has 1 N–H and O–H groups in total. The van der Waals surface area contributed by atoms with Crippen molar-refractivity contribution < 1.29 is 9.90 Å². The van der Waals surface area contributed by atoms with E-state index in [-0.39, 0.29) is 17.2 Å². The molecule has 1 aliphatic carbocycles. The molecule has 1 unspecified atom stereocenters. The Morgan fingerprint density at radius 3 is 2.26 bits per heavy atom. The zero-order chi connectivity index (χ0) is 16.6. The van der Waals surface area contributed by atoms with E-state index in [0.717, 1.165) is 31.5 Å². The number of allylic oxidation sites excluding steroid dienone is 1. The van der Waals surface area contributed by atoms with Crippen LogP contribution in [0.4, 0.5) is 0 Å². The summed E-state index contributed by atoms with van der Waals surface area (Å²) in [6.45, 7) is 8.15. The van der Waals surface area contributed by atoms with E-state index >= 15 is 0 Å². The van der Waals surface area contributed by atoms with E-state index in [1.54, 1.807) is 0 Å². The minimum absolute atomic E-state index is 0.0956. The number of nitrogens with zero attached hydrogens (tertiary/aromatic N) is 1. The molecule has 3 rings (SSSR count). The fourth-order valence-electron chi connectivity index (χ4n) is 3.92. The highest BCUT2D eigenvalue weighted by molar-refractivity contribution is 5.98. The number of carbonyl (C=O) groups excluding carboxylic acids is 1. The third-order valence-electron chi connectivity index (χ3n) is 5.07. The van der Waals surface area contributed by atoms with Crippen LogP contribution in [0.3, 0.4) is 0 Å². The molecule has 2 aliphatic rings. The number of ketones is 1. The molecule has 0 amide bonds. The van der Waals surface area contributed by atoms with Gasteiger partial charge in [0.1, 0.15) is 5.76 Å². The van der Waals surface area contributed by atoms with Gasteiger partial charge in [0.15, 0.2) is 5.78 Å². The largest absolute Gasteiger partial charge is 0.512 e. The second-order valence-electron chi connectivity index (χ2n) is 7.86. The standard InChI is InChI=1S/C20H27NO2/c1-14-6-8-15(9-7-14)19(21-10-4-5-11-21)18-16(22)12-20(2,3)13-17(18)23/h6-9,19,22H,4-5,10-13H2,1-3H3. The quantitative estimate of drug-likeness (QED) is 0.902. The van der Waals surface area contributed by atoms with E-state index in [0.29, 0.717) is 24.2 Å². The van der Waals surface area contributed by atoms with Crippen LogP contribution in [0, 0.1) is 12.3 Å². The van der Waals surface area contributed by atoms with Gasteiger partial charge in [-0.2, -0.15) is 0 Å². The van der Waals surface area contributed by atoms with Crippen LogP contribution in [-0.4, -0.2) is 28.9 Å². The molecule has 1 aromatic carbocycles. The maximum Gasteiger partial charge on any atom is 0.164 e. The number of likely N-dealkylation sites (tertiary alicyclic amines) is 1. The molecule has 0 saturated carbocycles. The van der Waals surface area contributed by atoms with Crippen LogP contribution in [-0.2, 0) is 4.79 Å². The lowest BCUT2D eigenvalue weighted by Crippen LogP contribution is -2.35. The van der Waals surface area contributed by atoms with Crippen LogP contribution in [0.15, 0.2) is 35.6 Å². The SMILES string of the molecule is Cc1ccc(C(C2=C(O)CC(C)(C)CC2=O)N2CCCC2)cc1. The number of aliphatic hydroxyl groups is 1. The van der Waals surface area contributed by atoms with Gasteiger partial charge >= 0.3 is 0 Å². The van der Waals surface area contributed by atoms with Crippen LogP contribution >= 0.6 is 0 Å². The van der Waals surface area contributed by atoms with Gasteiger partial charge in [0.2, 0.25) is 0 Å². The Morgan fingerprint density at radius 1 is 1.09 bits per heavy atom. The van der Waals surface area contributed by atoms with Gasteiger partial charge in [-0.1, -0.05) is 43.7 Å². The van der Waals surface area contributed by atoms with Crippen molar-refractivity contribution in [2.24, 2.45) is 5.41 Å². The summed E-state index contributed by atoms with van der Waals surface area (Å²) in [5.74, 6) is 0.403. The Morgan fingerprint density at radius 2 is 1.70 bits per heavy atom. The Bertz CT molecular complexity index is 622. The molecule has 1 saturated heterocycles. The van der Waals surface area contributed by atoms with Gasteiger partial charge in [0, 0.05) is 12.8 Å². The van der Waals surface area contributed by atoms with Crippen molar-refractivity contribution in [3.8, 4) is 0 Å². The molecule has 1 aromatic rings. The van der Waals surface area contributed by atoms with Gasteiger partial charge in [-0.15, -0.1) is 0 Å². The van der Waals surface area contributed by atoms with Crippen molar-refractivity contribution in [3.05, 3.63) is 46.7 Å². The van der Waals surface area contributed by atoms with Gasteiger partial charge in [-0.25, -0.2) is 0 Å². The van der Waals surface area contributed by atoms with Crippen LogP contribution in [0.1, 0.15) is 56.7 Å². The van der Waals surface area contributed by atoms with E-state index in [1.807, 2.05) is 0 Å². The van der Waals surface area contributed by atoms with Crippen molar-refractivity contribution >= 4 is 5.78 Å². The molecule has 0 bridgehead atoms. The summed E-state index contributed by atoms with van der Waals surface area (Å²) < 4.78 is 0. The predicted molar refractivity (Wildman–Crippen MR) is 92.4 cm³/mol. The highest BCUT2D eigenvalue weighted by Gasteiger charge is 2.39. The van der Waals surface area contributed by atoms with Crippen molar-refractivity contribution in [3.63, 3.8) is 0 Å². The van der Waals surface area contributed by atoms with Crippen molar-refractivity contribution in [1.29, 1.82) is 0 Å². The van der Waals surface area contributed by atoms with E-state index in [1.165, 1.54) is 5.56 Å². The second kappa shape index (κ2) is 6.12. The molecular weight excluding hydrogens is 286 g/mol. The normalized spacial score (nSPS) is 23.3. The van der Waals surface area contributed by atoms with Gasteiger partial charge in [0.25, 0.3) is 0 Å². The maximum atomic E-state index is 12.8. The van der Waals surface area contributed by atoms with E-state index in [9.17, 15) is 9.90 Å². The molecule has 1 heterocycles. The number of aryl methyl sites for hydroxylation is 1. The van der Waals surface area contributed by atoms with Crippen molar-refractivity contribution in [2.45, 2.75) is 52.5 Å². The molecule has 0 spiro atoms. The van der Waals surface area contributed by atoms with Crippen LogP contribution in [0.25, 0.3) is 0 Å². The summed E-state index contributed by atoms with van der Waals surface area (Å²) in [5.41, 5.74) is 2.82. The fraction of sp³-hybridized carbons (Fsp3) is 0.550. The zero-order valence-electron chi connectivity index (χ0n) is 14.4. The van der Waals surface area contributed by atoms with E-state index < -0.39 is 0 Å². The average molecular weight is 313 g/mol. The highest BCUT2D eigenvalue weighted by Crippen LogP contribution is 2.42. The van der Waals surface area contributed by atoms with Gasteiger partial charge in [-0.3, -0.25) is 9.69 Å². The van der Waals surface area contributed by atoms with Crippen molar-refractivity contribution in [2.75, 3.05) is 13.1 Å². The zero-order valence-corrected chi connectivity index (χ0v) is 14.4. The Kier molecular flexibility index (Phi) is 4.33. The molecule has 1 fully saturated rings. The smallest absolute Gasteiger partial charge is 0.164 e. The topological polar surface area (TPSA) is 40.5 Å². The summed E-state index contributed by atoms with van der Waals surface area (Å²) in [6, 6.07) is 8.29. The number of Topliss-reactive ketones (excluding diaryl/α,β-unsaturated/α-hetero) is 1. The van der Waals surface area contributed by atoms with Gasteiger partial charge in [-0.05, 0) is 43.8 Å². The first-order valence-corrected chi connectivity index (χ1v) is 8.63. The molecule has 0 aromatic heterocycles. The van der Waals surface area contributed by atoms with Gasteiger partial charge < -0.3 is 5.11 Å². The van der Waals surface area contributed by atoms with Crippen LogP contribution < -0.4 is 0 Å². The lowest BCUT2D eigenvalue weighted by Gasteiger charge is -2.36. The average Bonchev–Trinajstić information content (AvgIpc) is 2.96. The first kappa shape index (κ1) is 16.3. The minimum atomic E-state index is -0.145. The third kappa shape index (κ3) is 3.35. The third-order valence-corrected chi connectivity index (χ3v) is 5.07. The molecular formula is C20H27NO2. The summed E-state index contributed by atoms with van der Waals surface area (Å²) in [6.07, 6.45) is 3.43. The summed E-state index contributed by atoms with van der Waals surface area (Å²) in [5, 5.41) is 10.7. The molecule has 1 aliphatic heterocycles. The van der Waals surface area contributed by atoms with Crippen LogP contribution in [0.2, 0.25) is 0 Å². The number of benzene rings is 1. The molecule has 3 heteroatoms. The number of hydrogen-bond donors (Lipinski definition) is 1. The number of rotatable bonds is 3. The van der Waals surface area contributed by atoms with E-state index in [2.05, 4.69) is 49.9 Å². The number of hydrogen-bond acceptors (Lipinski definition) is 3. The second-order valence-corrected chi connectivity index (χ2v) is 7.86. The van der Waals surface area contributed by atoms with Gasteiger partial charge in [0.05, 0.1) is 11.6 Å². The molecule has 1 atom stereocenters. The summed E-state index contributed by atoms with van der Waals surface area (Å²) in [4.78, 5) is 15.2. The molecule has 23 heavy (non-hydrogen) atoms. The Balaban J connectivity index is 2.04. The summed E-state index contributed by atoms with van der Waals surface area (Å²) in [7, 11) is 0. The van der Waals surface area contributed by atoms with E-state index in [4.69, 9.17) is 0 Å². The number of aliphatic hydroxyl groups excluding tert-OH is 1. The lowest BCUT2D eigenvalue weighted by atomic mass is 9.74. The first-order chi connectivity index (χ1) is 10.9. The molecule has 3 nitrogen and oxygen atoms in total. The van der Waals surface area contributed by atoms with Crippen LogP contribution in [0.5, 0.6) is 0 Å². The predicted octanol–water partition coefficient (Wildman–Crippen LogP) is 4.33. The number of carbonyl (C=O) groups is 1. The van der Waals surface area contributed by atoms with Crippen molar-refractivity contribution in [1.82, 2.24) is 4.90 Å². The monoisotopic (exact) mass is 313 g/mol. The Hall–Kier alpha value is -1.61. The highest BCUT2D eigenvalue weighted by atomic mass is 16.3. The Labute approximate surface area is 139 Å². The lowest BCUT2D eigenvalue weighted by molar-refractivity contribution is -0.119. The fourth-order valence-corrected chi connectivity index (χ4v) is 3.92. The maximum absolute atomic E-state index is 12.8. The molecule has 0 radical (unpaired) electrons. The summed E-state index contributed by atoms with van der Waals surface area (Å²) >= 11 is 0. The molecule has 124 valence electrons. The first-order valence-electron chi connectivity index (χ1n) is 8.63.